The molecule has 19 heavy (non-hydrogen) atoms. The molecule has 102 valence electrons. The van der Waals surface area contributed by atoms with Crippen molar-refractivity contribution >= 4 is 50.5 Å². The van der Waals surface area contributed by atoms with E-state index < -0.39 is 0 Å². The Bertz CT molecular complexity index is 605. The number of thiophene rings is 1. The molecule has 0 amide bonds. The van der Waals surface area contributed by atoms with Crippen LogP contribution in [-0.4, -0.2) is 0 Å². The highest BCUT2D eigenvalue weighted by atomic mass is 79.9. The zero-order valence-corrected chi connectivity index (χ0v) is 15.2. The van der Waals surface area contributed by atoms with Crippen molar-refractivity contribution in [3.63, 3.8) is 0 Å². The second kappa shape index (κ2) is 5.77. The van der Waals surface area contributed by atoms with Gasteiger partial charge in [0.25, 0.3) is 0 Å². The predicted molar refractivity (Wildman–Crippen MR) is 90.5 cm³/mol. The molecule has 4 heteroatoms. The normalized spacial score (nSPS) is 12.8. The van der Waals surface area contributed by atoms with E-state index in [9.17, 15) is 0 Å². The number of halogens is 3. The smallest absolute Gasteiger partial charge is 0.0990 e. The number of hydrogen-bond acceptors (Lipinski definition) is 1. The SMILES string of the molecule is Cc1cc(C)c(C)c(C(Br)c2cc(Cl)sc2Cl)c1C. The summed E-state index contributed by atoms with van der Waals surface area (Å²) in [5.41, 5.74) is 7.58. The molecule has 0 saturated carbocycles. The third-order valence-electron chi connectivity index (χ3n) is 3.63. The van der Waals surface area contributed by atoms with Gasteiger partial charge < -0.3 is 0 Å². The van der Waals surface area contributed by atoms with Crippen LogP contribution in [0.25, 0.3) is 0 Å². The van der Waals surface area contributed by atoms with Crippen molar-refractivity contribution < 1.29 is 0 Å². The summed E-state index contributed by atoms with van der Waals surface area (Å²) >= 11 is 17.5. The Morgan fingerprint density at radius 2 is 1.53 bits per heavy atom. The van der Waals surface area contributed by atoms with E-state index in [4.69, 9.17) is 23.2 Å². The molecule has 0 saturated heterocycles. The number of aryl methyl sites for hydroxylation is 2. The van der Waals surface area contributed by atoms with Gasteiger partial charge in [-0.2, -0.15) is 0 Å². The van der Waals surface area contributed by atoms with Crippen LogP contribution in [0.3, 0.4) is 0 Å². The predicted octanol–water partition coefficient (Wildman–Crippen LogP) is 6.77. The highest BCUT2D eigenvalue weighted by molar-refractivity contribution is 9.09. The van der Waals surface area contributed by atoms with E-state index in [2.05, 4.69) is 49.7 Å². The van der Waals surface area contributed by atoms with E-state index in [1.807, 2.05) is 6.07 Å². The Balaban J connectivity index is 2.62. The van der Waals surface area contributed by atoms with Gasteiger partial charge in [-0.1, -0.05) is 45.2 Å². The second-order valence-electron chi connectivity index (χ2n) is 4.82. The lowest BCUT2D eigenvalue weighted by molar-refractivity contribution is 1.08. The third kappa shape index (κ3) is 2.87. The molecule has 1 aromatic heterocycles. The molecule has 1 heterocycles. The minimum atomic E-state index is 0.0855. The molecule has 1 unspecified atom stereocenters. The molecular weight excluding hydrogens is 363 g/mol. The van der Waals surface area contributed by atoms with E-state index in [0.29, 0.717) is 0 Å². The first-order valence-corrected chi connectivity index (χ1v) is 8.47. The molecule has 1 aromatic carbocycles. The van der Waals surface area contributed by atoms with Crippen molar-refractivity contribution in [1.29, 1.82) is 0 Å². The molecule has 0 radical (unpaired) electrons. The molecule has 2 rings (SSSR count). The van der Waals surface area contributed by atoms with Gasteiger partial charge in [0.05, 0.1) is 13.5 Å². The first-order chi connectivity index (χ1) is 8.82. The van der Waals surface area contributed by atoms with Gasteiger partial charge in [-0.3, -0.25) is 0 Å². The standard InChI is InChI=1S/C15H15BrCl2S/c1-7-5-8(2)10(4)13(9(7)3)14(16)11-6-12(17)19-15(11)18/h5-6,14H,1-4H3. The topological polar surface area (TPSA) is 0 Å². The van der Waals surface area contributed by atoms with Gasteiger partial charge >= 0.3 is 0 Å². The maximum Gasteiger partial charge on any atom is 0.0990 e. The first kappa shape index (κ1) is 15.4. The Kier molecular flexibility index (Phi) is 4.67. The molecule has 0 aliphatic heterocycles. The molecular formula is C15H15BrCl2S. The maximum absolute atomic E-state index is 6.28. The minimum absolute atomic E-state index is 0.0855. The number of hydrogen-bond donors (Lipinski definition) is 0. The summed E-state index contributed by atoms with van der Waals surface area (Å²) < 4.78 is 1.48. The van der Waals surface area contributed by atoms with Crippen molar-refractivity contribution in [3.05, 3.63) is 54.2 Å². The molecule has 2 aromatic rings. The monoisotopic (exact) mass is 376 g/mol. The van der Waals surface area contributed by atoms with Crippen LogP contribution in [0.2, 0.25) is 8.67 Å². The molecule has 0 aliphatic rings. The van der Waals surface area contributed by atoms with Crippen molar-refractivity contribution in [2.24, 2.45) is 0 Å². The molecule has 0 bridgehead atoms. The Labute approximate surface area is 136 Å². The average molecular weight is 378 g/mol. The molecule has 0 spiro atoms. The van der Waals surface area contributed by atoms with Gasteiger partial charge in [0.1, 0.15) is 0 Å². The molecule has 0 aliphatic carbocycles. The summed E-state index contributed by atoms with van der Waals surface area (Å²) in [4.78, 5) is 0.0855. The van der Waals surface area contributed by atoms with Gasteiger partial charge in [-0.15, -0.1) is 11.3 Å². The quantitative estimate of drug-likeness (QED) is 0.506. The van der Waals surface area contributed by atoms with E-state index >= 15 is 0 Å². The van der Waals surface area contributed by atoms with E-state index in [-0.39, 0.29) is 4.83 Å². The lowest BCUT2D eigenvalue weighted by Gasteiger charge is -2.19. The second-order valence-corrected chi connectivity index (χ2v) is 8.02. The van der Waals surface area contributed by atoms with Gasteiger partial charge in [-0.25, -0.2) is 0 Å². The fourth-order valence-corrected chi connectivity index (χ4v) is 5.17. The molecule has 0 fully saturated rings. The fourth-order valence-electron chi connectivity index (χ4n) is 2.31. The van der Waals surface area contributed by atoms with E-state index in [1.165, 1.54) is 39.2 Å². The van der Waals surface area contributed by atoms with E-state index in [1.54, 1.807) is 0 Å². The summed E-state index contributed by atoms with van der Waals surface area (Å²) in [5, 5.41) is 0. The lowest BCUT2D eigenvalue weighted by Crippen LogP contribution is -2.02. The van der Waals surface area contributed by atoms with Gasteiger partial charge in [-0.05, 0) is 61.6 Å². The molecule has 0 N–H and O–H groups in total. The zero-order chi connectivity index (χ0) is 14.3. The number of alkyl halides is 1. The van der Waals surface area contributed by atoms with Gasteiger partial charge in [0.2, 0.25) is 0 Å². The highest BCUT2D eigenvalue weighted by Crippen LogP contribution is 2.44. The minimum Gasteiger partial charge on any atom is -0.111 e. The van der Waals surface area contributed by atoms with Gasteiger partial charge in [0.15, 0.2) is 0 Å². The number of benzene rings is 1. The highest BCUT2D eigenvalue weighted by Gasteiger charge is 2.21. The lowest BCUT2D eigenvalue weighted by atomic mass is 9.91. The van der Waals surface area contributed by atoms with Crippen LogP contribution in [-0.2, 0) is 0 Å². The van der Waals surface area contributed by atoms with Crippen LogP contribution in [0.4, 0.5) is 0 Å². The van der Waals surface area contributed by atoms with Crippen LogP contribution in [0.15, 0.2) is 12.1 Å². The zero-order valence-electron chi connectivity index (χ0n) is 11.3. The summed E-state index contributed by atoms with van der Waals surface area (Å²) in [6.45, 7) is 8.61. The van der Waals surface area contributed by atoms with Crippen molar-refractivity contribution in [1.82, 2.24) is 0 Å². The van der Waals surface area contributed by atoms with Gasteiger partial charge in [0, 0.05) is 5.56 Å². The molecule has 0 nitrogen and oxygen atoms in total. The largest absolute Gasteiger partial charge is 0.111 e. The van der Waals surface area contributed by atoms with Crippen molar-refractivity contribution in [2.75, 3.05) is 0 Å². The fraction of sp³-hybridized carbons (Fsp3) is 0.333. The Hall–Kier alpha value is -0.0200. The average Bonchev–Trinajstić information content (AvgIpc) is 2.66. The van der Waals surface area contributed by atoms with Crippen LogP contribution < -0.4 is 0 Å². The third-order valence-corrected chi connectivity index (χ3v) is 6.10. The summed E-state index contributed by atoms with van der Waals surface area (Å²) in [7, 11) is 0. The summed E-state index contributed by atoms with van der Waals surface area (Å²) in [5.74, 6) is 0. The Morgan fingerprint density at radius 3 is 1.95 bits per heavy atom. The summed E-state index contributed by atoms with van der Waals surface area (Å²) in [6.07, 6.45) is 0. The Morgan fingerprint density at radius 1 is 1.00 bits per heavy atom. The summed E-state index contributed by atoms with van der Waals surface area (Å²) in [6, 6.07) is 4.18. The van der Waals surface area contributed by atoms with Crippen LogP contribution in [0, 0.1) is 27.7 Å². The van der Waals surface area contributed by atoms with Crippen LogP contribution >= 0.6 is 50.5 Å². The van der Waals surface area contributed by atoms with Crippen LogP contribution in [0.5, 0.6) is 0 Å². The van der Waals surface area contributed by atoms with Crippen molar-refractivity contribution in [3.8, 4) is 0 Å². The number of rotatable bonds is 2. The van der Waals surface area contributed by atoms with Crippen molar-refractivity contribution in [2.45, 2.75) is 32.5 Å². The van der Waals surface area contributed by atoms with E-state index in [0.717, 1.165) is 14.2 Å². The maximum atomic E-state index is 6.28. The molecule has 1 atom stereocenters. The van der Waals surface area contributed by atoms with Crippen LogP contribution in [0.1, 0.15) is 38.2 Å². The first-order valence-electron chi connectivity index (χ1n) is 5.99.